The molecule has 1 aromatic carbocycles. The molecule has 0 spiro atoms. The molecule has 0 fully saturated rings. The van der Waals surface area contributed by atoms with Crippen LogP contribution in [0.2, 0.25) is 0 Å². The van der Waals surface area contributed by atoms with Gasteiger partial charge in [0.05, 0.1) is 5.52 Å². The second-order valence-electron chi connectivity index (χ2n) is 4.69. The minimum Gasteiger partial charge on any atom is -0.433 e. The van der Waals surface area contributed by atoms with Crippen molar-refractivity contribution in [3.05, 3.63) is 54.2 Å². The van der Waals surface area contributed by atoms with E-state index in [0.717, 1.165) is 22.2 Å². The fourth-order valence-corrected chi connectivity index (χ4v) is 2.34. The maximum absolute atomic E-state index is 5.72. The number of nitrogens with zero attached hydrogens (tertiary/aromatic N) is 3. The molecule has 0 amide bonds. The highest BCUT2D eigenvalue weighted by atomic mass is 16.3. The molecule has 0 atom stereocenters. The zero-order chi connectivity index (χ0) is 13.5. The van der Waals surface area contributed by atoms with Gasteiger partial charge < -0.3 is 4.42 Å². The number of aromatic nitrogens is 3. The third-order valence-corrected chi connectivity index (χ3v) is 3.31. The smallest absolute Gasteiger partial charge is 0.247 e. The van der Waals surface area contributed by atoms with Crippen molar-refractivity contribution >= 4 is 22.1 Å². The van der Waals surface area contributed by atoms with E-state index in [2.05, 4.69) is 27.9 Å². The van der Waals surface area contributed by atoms with E-state index in [0.29, 0.717) is 17.1 Å². The van der Waals surface area contributed by atoms with Crippen LogP contribution in [0, 0.1) is 6.92 Å². The van der Waals surface area contributed by atoms with E-state index in [1.54, 1.807) is 6.20 Å². The third-order valence-electron chi connectivity index (χ3n) is 3.31. The highest BCUT2D eigenvalue weighted by Crippen LogP contribution is 2.25. The summed E-state index contributed by atoms with van der Waals surface area (Å²) in [6.45, 7) is 2.06. The van der Waals surface area contributed by atoms with Crippen molar-refractivity contribution in [2.75, 3.05) is 0 Å². The Morgan fingerprint density at radius 2 is 1.90 bits per heavy atom. The zero-order valence-electron chi connectivity index (χ0n) is 10.9. The van der Waals surface area contributed by atoms with Gasteiger partial charge >= 0.3 is 0 Å². The quantitative estimate of drug-likeness (QED) is 0.523. The molecule has 4 heteroatoms. The molecule has 0 aliphatic carbocycles. The maximum Gasteiger partial charge on any atom is 0.247 e. The lowest BCUT2D eigenvalue weighted by atomic mass is 10.1. The van der Waals surface area contributed by atoms with Crippen molar-refractivity contribution in [1.29, 1.82) is 0 Å². The monoisotopic (exact) mass is 261 g/mol. The largest absolute Gasteiger partial charge is 0.433 e. The Morgan fingerprint density at radius 1 is 1.00 bits per heavy atom. The summed E-state index contributed by atoms with van der Waals surface area (Å²) in [4.78, 5) is 13.2. The lowest BCUT2D eigenvalue weighted by molar-refractivity contribution is 0.617. The number of benzene rings is 1. The summed E-state index contributed by atoms with van der Waals surface area (Å²) in [6.07, 6.45) is 1.70. The van der Waals surface area contributed by atoms with Gasteiger partial charge in [0.15, 0.2) is 11.2 Å². The second kappa shape index (κ2) is 4.13. The Balaban J connectivity index is 1.97. The minimum atomic E-state index is 0.507. The van der Waals surface area contributed by atoms with Crippen LogP contribution in [-0.2, 0) is 0 Å². The third kappa shape index (κ3) is 1.66. The van der Waals surface area contributed by atoms with Crippen LogP contribution in [0.25, 0.3) is 33.7 Å². The van der Waals surface area contributed by atoms with Gasteiger partial charge in [-0.05, 0) is 36.8 Å². The van der Waals surface area contributed by atoms with Crippen molar-refractivity contribution in [1.82, 2.24) is 15.0 Å². The van der Waals surface area contributed by atoms with Crippen LogP contribution in [0.4, 0.5) is 0 Å². The van der Waals surface area contributed by atoms with Crippen LogP contribution >= 0.6 is 0 Å². The molecule has 3 heterocycles. The van der Waals surface area contributed by atoms with E-state index in [1.165, 1.54) is 0 Å². The highest BCUT2D eigenvalue weighted by molar-refractivity contribution is 5.84. The van der Waals surface area contributed by atoms with Gasteiger partial charge in [-0.2, -0.15) is 4.98 Å². The summed E-state index contributed by atoms with van der Waals surface area (Å²) in [6, 6.07) is 13.7. The van der Waals surface area contributed by atoms with Crippen LogP contribution in [0.1, 0.15) is 5.56 Å². The van der Waals surface area contributed by atoms with Gasteiger partial charge in [-0.3, -0.25) is 0 Å². The normalized spacial score (nSPS) is 11.2. The second-order valence-corrected chi connectivity index (χ2v) is 4.69. The predicted molar refractivity (Wildman–Crippen MR) is 77.3 cm³/mol. The van der Waals surface area contributed by atoms with Gasteiger partial charge in [-0.25, -0.2) is 9.97 Å². The van der Waals surface area contributed by atoms with E-state index in [1.807, 2.05) is 36.4 Å². The van der Waals surface area contributed by atoms with Crippen LogP contribution in [0.5, 0.6) is 0 Å². The van der Waals surface area contributed by atoms with Gasteiger partial charge in [0.25, 0.3) is 0 Å². The number of fused-ring (bicyclic) bond motifs is 2. The van der Waals surface area contributed by atoms with Crippen molar-refractivity contribution in [3.8, 4) is 11.6 Å². The lowest BCUT2D eigenvalue weighted by Crippen LogP contribution is -1.88. The van der Waals surface area contributed by atoms with E-state index in [-0.39, 0.29) is 0 Å². The minimum absolute atomic E-state index is 0.507. The van der Waals surface area contributed by atoms with E-state index in [9.17, 15) is 0 Å². The molecule has 4 nitrogen and oxygen atoms in total. The molecular weight excluding hydrogens is 250 g/mol. The zero-order valence-corrected chi connectivity index (χ0v) is 10.9. The first-order valence-electron chi connectivity index (χ1n) is 6.39. The highest BCUT2D eigenvalue weighted by Gasteiger charge is 2.11. The molecule has 96 valence electrons. The number of oxazole rings is 1. The van der Waals surface area contributed by atoms with Gasteiger partial charge in [0.1, 0.15) is 5.69 Å². The number of hydrogen-bond acceptors (Lipinski definition) is 4. The topological polar surface area (TPSA) is 51.8 Å². The van der Waals surface area contributed by atoms with E-state index < -0.39 is 0 Å². The Bertz CT molecular complexity index is 894. The van der Waals surface area contributed by atoms with Gasteiger partial charge in [-0.15, -0.1) is 0 Å². The first-order chi connectivity index (χ1) is 9.81. The summed E-state index contributed by atoms with van der Waals surface area (Å²) < 4.78 is 5.72. The molecule has 4 aromatic rings. The van der Waals surface area contributed by atoms with Crippen molar-refractivity contribution < 1.29 is 4.42 Å². The van der Waals surface area contributed by atoms with Crippen LogP contribution in [-0.4, -0.2) is 15.0 Å². The summed E-state index contributed by atoms with van der Waals surface area (Å²) in [7, 11) is 0. The van der Waals surface area contributed by atoms with Crippen molar-refractivity contribution in [3.63, 3.8) is 0 Å². The fourth-order valence-electron chi connectivity index (χ4n) is 2.34. The molecule has 20 heavy (non-hydrogen) atoms. The summed E-state index contributed by atoms with van der Waals surface area (Å²) >= 11 is 0. The molecular formula is C16H11N3O. The number of rotatable bonds is 1. The number of para-hydroxylation sites is 1. The van der Waals surface area contributed by atoms with E-state index in [4.69, 9.17) is 4.42 Å². The Morgan fingerprint density at radius 3 is 2.80 bits per heavy atom. The Kier molecular flexibility index (Phi) is 2.29. The summed E-state index contributed by atoms with van der Waals surface area (Å²) in [5, 5.41) is 1.14. The van der Waals surface area contributed by atoms with Crippen LogP contribution in [0.15, 0.2) is 53.1 Å². The van der Waals surface area contributed by atoms with Crippen molar-refractivity contribution in [2.45, 2.75) is 6.92 Å². The van der Waals surface area contributed by atoms with Crippen LogP contribution in [0.3, 0.4) is 0 Å². The maximum atomic E-state index is 5.72. The van der Waals surface area contributed by atoms with Crippen LogP contribution < -0.4 is 0 Å². The van der Waals surface area contributed by atoms with Crippen molar-refractivity contribution in [2.24, 2.45) is 0 Å². The Labute approximate surface area is 115 Å². The molecule has 0 saturated carbocycles. The molecule has 0 bridgehead atoms. The summed E-state index contributed by atoms with van der Waals surface area (Å²) in [5.74, 6) is 0.507. The molecule has 0 radical (unpaired) electrons. The van der Waals surface area contributed by atoms with Gasteiger partial charge in [0, 0.05) is 11.6 Å². The predicted octanol–water partition coefficient (Wildman–Crippen LogP) is 3.75. The molecule has 0 unspecified atom stereocenters. The summed E-state index contributed by atoms with van der Waals surface area (Å²) in [5.41, 5.74) is 4.11. The first kappa shape index (κ1) is 11.1. The molecule has 3 aromatic heterocycles. The van der Waals surface area contributed by atoms with Gasteiger partial charge in [-0.1, -0.05) is 18.2 Å². The number of hydrogen-bond donors (Lipinski definition) is 0. The number of pyridine rings is 2. The Hall–Kier alpha value is -2.75. The fraction of sp³-hybridized carbons (Fsp3) is 0.0625. The molecule has 0 aliphatic rings. The molecule has 4 rings (SSSR count). The first-order valence-corrected chi connectivity index (χ1v) is 6.39. The number of aryl methyl sites for hydroxylation is 1. The standard InChI is InChI=1S/C16H11N3O/c1-10-9-13(18-12-6-3-2-5-11(10)12)16-19-15-14(20-16)7-4-8-17-15/h2-9H,1H3. The SMILES string of the molecule is Cc1cc(-c2nc3ncccc3o2)nc2ccccc12. The molecule has 0 saturated heterocycles. The molecule has 0 aliphatic heterocycles. The van der Waals surface area contributed by atoms with E-state index >= 15 is 0 Å². The lowest BCUT2D eigenvalue weighted by Gasteiger charge is -2.03. The molecule has 0 N–H and O–H groups in total. The average Bonchev–Trinajstić information content (AvgIpc) is 2.91. The average molecular weight is 261 g/mol. The van der Waals surface area contributed by atoms with Gasteiger partial charge in [0.2, 0.25) is 5.89 Å².